The number of aromatic nitrogens is 1. The molecule has 0 spiro atoms. The predicted molar refractivity (Wildman–Crippen MR) is 87.6 cm³/mol. The second-order valence-corrected chi connectivity index (χ2v) is 6.95. The molecule has 118 valence electrons. The molecule has 1 aliphatic heterocycles. The quantitative estimate of drug-likeness (QED) is 0.818. The van der Waals surface area contributed by atoms with Crippen molar-refractivity contribution in [3.05, 3.63) is 23.9 Å². The fourth-order valence-corrected chi connectivity index (χ4v) is 2.91. The van der Waals surface area contributed by atoms with Crippen molar-refractivity contribution in [2.45, 2.75) is 33.7 Å². The van der Waals surface area contributed by atoms with Gasteiger partial charge in [-0.25, -0.2) is 4.98 Å². The number of nitrogens with one attached hydrogen (secondary N) is 1. The Morgan fingerprint density at radius 2 is 2.24 bits per heavy atom. The van der Waals surface area contributed by atoms with E-state index in [1.807, 2.05) is 12.3 Å². The highest BCUT2D eigenvalue weighted by Crippen LogP contribution is 2.35. The summed E-state index contributed by atoms with van der Waals surface area (Å²) in [5.41, 5.74) is 1.66. The predicted octanol–water partition coefficient (Wildman–Crippen LogP) is 2.69. The Balaban J connectivity index is 2.00. The topological polar surface area (TPSA) is 37.4 Å². The lowest BCUT2D eigenvalue weighted by Gasteiger charge is -2.27. The molecule has 1 N–H and O–H groups in total. The van der Waals surface area contributed by atoms with Gasteiger partial charge in [0, 0.05) is 45.0 Å². The van der Waals surface area contributed by atoms with E-state index in [4.69, 9.17) is 4.74 Å². The maximum absolute atomic E-state index is 5.07. The Hall–Kier alpha value is -1.13. The lowest BCUT2D eigenvalue weighted by molar-refractivity contribution is 0.199. The Bertz CT molecular complexity index is 442. The molecule has 1 unspecified atom stereocenters. The third-order valence-corrected chi connectivity index (χ3v) is 4.38. The number of ether oxygens (including phenoxy) is 1. The van der Waals surface area contributed by atoms with Crippen LogP contribution in [0.4, 0.5) is 5.82 Å². The number of anilines is 1. The number of hydrogen-bond donors (Lipinski definition) is 1. The van der Waals surface area contributed by atoms with Gasteiger partial charge in [0.05, 0.1) is 6.61 Å². The van der Waals surface area contributed by atoms with Gasteiger partial charge in [-0.1, -0.05) is 26.8 Å². The maximum atomic E-state index is 5.07. The standard InChI is InChI=1S/C17H29N3O/c1-17(2,3)15-7-10-20(13-15)16-14(6-5-8-19-16)12-18-9-11-21-4/h5-6,8,15,18H,7,9-13H2,1-4H3. The van der Waals surface area contributed by atoms with Crippen molar-refractivity contribution in [3.8, 4) is 0 Å². The second kappa shape index (κ2) is 7.23. The molecule has 0 bridgehead atoms. The van der Waals surface area contributed by atoms with Crippen LogP contribution in [0.1, 0.15) is 32.8 Å². The average molecular weight is 291 g/mol. The highest BCUT2D eigenvalue weighted by atomic mass is 16.5. The number of methoxy groups -OCH3 is 1. The van der Waals surface area contributed by atoms with Crippen LogP contribution in [-0.2, 0) is 11.3 Å². The first-order chi connectivity index (χ1) is 10.0. The van der Waals surface area contributed by atoms with Crippen molar-refractivity contribution in [2.24, 2.45) is 11.3 Å². The minimum atomic E-state index is 0.375. The van der Waals surface area contributed by atoms with Gasteiger partial charge in [-0.3, -0.25) is 0 Å². The molecular formula is C17H29N3O. The molecule has 0 amide bonds. The van der Waals surface area contributed by atoms with E-state index in [9.17, 15) is 0 Å². The number of nitrogens with zero attached hydrogens (tertiary/aromatic N) is 2. The van der Waals surface area contributed by atoms with Crippen molar-refractivity contribution >= 4 is 5.82 Å². The minimum Gasteiger partial charge on any atom is -0.383 e. The van der Waals surface area contributed by atoms with Crippen LogP contribution in [0.2, 0.25) is 0 Å². The first kappa shape index (κ1) is 16.2. The van der Waals surface area contributed by atoms with Gasteiger partial charge in [-0.2, -0.15) is 0 Å². The van der Waals surface area contributed by atoms with Crippen molar-refractivity contribution < 1.29 is 4.74 Å². The number of rotatable bonds is 6. The zero-order valence-electron chi connectivity index (χ0n) is 13.9. The molecule has 1 saturated heterocycles. The van der Waals surface area contributed by atoms with Crippen molar-refractivity contribution in [2.75, 3.05) is 38.3 Å². The van der Waals surface area contributed by atoms with Crippen LogP contribution in [0.5, 0.6) is 0 Å². The van der Waals surface area contributed by atoms with Gasteiger partial charge in [0.1, 0.15) is 5.82 Å². The van der Waals surface area contributed by atoms with E-state index in [0.29, 0.717) is 5.41 Å². The summed E-state index contributed by atoms with van der Waals surface area (Å²) in [6.07, 6.45) is 3.16. The van der Waals surface area contributed by atoms with Gasteiger partial charge in [0.15, 0.2) is 0 Å². The smallest absolute Gasteiger partial charge is 0.133 e. The molecule has 0 radical (unpaired) electrons. The summed E-state index contributed by atoms with van der Waals surface area (Å²) in [6, 6.07) is 4.20. The van der Waals surface area contributed by atoms with E-state index in [1.54, 1.807) is 7.11 Å². The summed E-state index contributed by atoms with van der Waals surface area (Å²) in [4.78, 5) is 7.08. The Morgan fingerprint density at radius 1 is 1.43 bits per heavy atom. The largest absolute Gasteiger partial charge is 0.383 e. The lowest BCUT2D eigenvalue weighted by Crippen LogP contribution is -2.28. The first-order valence-electron chi connectivity index (χ1n) is 7.91. The van der Waals surface area contributed by atoms with Crippen molar-refractivity contribution in [3.63, 3.8) is 0 Å². The molecule has 0 aliphatic carbocycles. The molecule has 1 aromatic rings. The summed E-state index contributed by atoms with van der Waals surface area (Å²) in [5.74, 6) is 1.89. The van der Waals surface area contributed by atoms with Crippen LogP contribution in [0.3, 0.4) is 0 Å². The first-order valence-corrected chi connectivity index (χ1v) is 7.91. The van der Waals surface area contributed by atoms with Gasteiger partial charge < -0.3 is 15.0 Å². The molecule has 0 saturated carbocycles. The van der Waals surface area contributed by atoms with E-state index in [2.05, 4.69) is 42.0 Å². The van der Waals surface area contributed by atoms with Crippen LogP contribution >= 0.6 is 0 Å². The molecule has 0 aromatic carbocycles. The summed E-state index contributed by atoms with van der Waals surface area (Å²) in [5, 5.41) is 3.42. The number of pyridine rings is 1. The maximum Gasteiger partial charge on any atom is 0.133 e. The summed E-state index contributed by atoms with van der Waals surface area (Å²) in [6.45, 7) is 11.7. The second-order valence-electron chi connectivity index (χ2n) is 6.95. The molecule has 1 aliphatic rings. The Kier molecular flexibility index (Phi) is 5.59. The highest BCUT2D eigenvalue weighted by molar-refractivity contribution is 5.47. The van der Waals surface area contributed by atoms with Crippen LogP contribution in [0, 0.1) is 11.3 Å². The molecular weight excluding hydrogens is 262 g/mol. The van der Waals surface area contributed by atoms with Gasteiger partial charge in [0.25, 0.3) is 0 Å². The van der Waals surface area contributed by atoms with Gasteiger partial charge in [-0.05, 0) is 23.8 Å². The third kappa shape index (κ3) is 4.42. The lowest BCUT2D eigenvalue weighted by atomic mass is 9.80. The summed E-state index contributed by atoms with van der Waals surface area (Å²) >= 11 is 0. The normalized spacial score (nSPS) is 19.2. The molecule has 1 aromatic heterocycles. The SMILES string of the molecule is COCCNCc1cccnc1N1CCC(C(C)(C)C)C1. The summed E-state index contributed by atoms with van der Waals surface area (Å²) < 4.78 is 5.07. The minimum absolute atomic E-state index is 0.375. The summed E-state index contributed by atoms with van der Waals surface area (Å²) in [7, 11) is 1.73. The van der Waals surface area contributed by atoms with Crippen LogP contribution in [0.15, 0.2) is 18.3 Å². The van der Waals surface area contributed by atoms with Gasteiger partial charge >= 0.3 is 0 Å². The van der Waals surface area contributed by atoms with E-state index < -0.39 is 0 Å². The highest BCUT2D eigenvalue weighted by Gasteiger charge is 2.32. The van der Waals surface area contributed by atoms with Crippen molar-refractivity contribution in [1.29, 1.82) is 0 Å². The van der Waals surface area contributed by atoms with E-state index in [1.165, 1.54) is 12.0 Å². The van der Waals surface area contributed by atoms with E-state index >= 15 is 0 Å². The molecule has 2 rings (SSSR count). The number of hydrogen-bond acceptors (Lipinski definition) is 4. The van der Waals surface area contributed by atoms with Gasteiger partial charge in [-0.15, -0.1) is 0 Å². The van der Waals surface area contributed by atoms with Crippen LogP contribution < -0.4 is 10.2 Å². The average Bonchev–Trinajstić information content (AvgIpc) is 2.94. The molecule has 1 atom stereocenters. The monoisotopic (exact) mass is 291 g/mol. The zero-order valence-corrected chi connectivity index (χ0v) is 13.9. The molecule has 2 heterocycles. The van der Waals surface area contributed by atoms with Crippen molar-refractivity contribution in [1.82, 2.24) is 10.3 Å². The zero-order chi connectivity index (χ0) is 15.3. The molecule has 4 heteroatoms. The Morgan fingerprint density at radius 3 is 2.90 bits per heavy atom. The van der Waals surface area contributed by atoms with Crippen LogP contribution in [0.25, 0.3) is 0 Å². The van der Waals surface area contributed by atoms with Gasteiger partial charge in [0.2, 0.25) is 0 Å². The van der Waals surface area contributed by atoms with E-state index in [0.717, 1.165) is 44.5 Å². The molecule has 1 fully saturated rings. The molecule has 4 nitrogen and oxygen atoms in total. The van der Waals surface area contributed by atoms with Crippen LogP contribution in [-0.4, -0.2) is 38.3 Å². The molecule has 21 heavy (non-hydrogen) atoms. The third-order valence-electron chi connectivity index (χ3n) is 4.38. The van der Waals surface area contributed by atoms with E-state index in [-0.39, 0.29) is 0 Å². The Labute approximate surface area is 128 Å². The fourth-order valence-electron chi connectivity index (χ4n) is 2.91. The fraction of sp³-hybridized carbons (Fsp3) is 0.706.